The van der Waals surface area contributed by atoms with Crippen LogP contribution in [-0.4, -0.2) is 43.4 Å². The van der Waals surface area contributed by atoms with E-state index in [-0.39, 0.29) is 18.3 Å². The van der Waals surface area contributed by atoms with Crippen LogP contribution >= 0.6 is 11.8 Å². The Balaban J connectivity index is 2.40. The Morgan fingerprint density at radius 3 is 2.63 bits per heavy atom. The molecular weight excluding hydrogens is 368 g/mol. The predicted octanol–water partition coefficient (Wildman–Crippen LogP) is 2.62. The largest absolute Gasteiger partial charge is 0.467 e. The van der Waals surface area contributed by atoms with Gasteiger partial charge in [0.15, 0.2) is 0 Å². The number of nitrogens with one attached hydrogen (secondary N) is 2. The number of hydrogen-bond acceptors (Lipinski definition) is 6. The molecule has 7 nitrogen and oxygen atoms in total. The van der Waals surface area contributed by atoms with Gasteiger partial charge >= 0.3 is 12.1 Å². The van der Waals surface area contributed by atoms with Gasteiger partial charge in [-0.15, -0.1) is 11.8 Å². The molecule has 0 saturated carbocycles. The van der Waals surface area contributed by atoms with Gasteiger partial charge in [-0.25, -0.2) is 9.59 Å². The van der Waals surface area contributed by atoms with Gasteiger partial charge in [-0.1, -0.05) is 43.7 Å². The Morgan fingerprint density at radius 2 is 1.96 bits per heavy atom. The molecule has 1 rings (SSSR count). The Labute approximate surface area is 163 Å². The zero-order chi connectivity index (χ0) is 19.9. The molecule has 0 fully saturated rings. The highest BCUT2D eigenvalue weighted by molar-refractivity contribution is 8.02. The van der Waals surface area contributed by atoms with E-state index in [1.165, 1.54) is 24.9 Å². The van der Waals surface area contributed by atoms with Crippen molar-refractivity contribution in [2.75, 3.05) is 19.4 Å². The highest BCUT2D eigenvalue weighted by atomic mass is 32.2. The third-order valence-electron chi connectivity index (χ3n) is 3.40. The van der Waals surface area contributed by atoms with Crippen molar-refractivity contribution in [2.24, 2.45) is 0 Å². The number of thioether (sulfide) groups is 1. The van der Waals surface area contributed by atoms with Crippen LogP contribution in [-0.2, 0) is 25.7 Å². The summed E-state index contributed by atoms with van der Waals surface area (Å²) < 4.78 is 9.80. The second kappa shape index (κ2) is 13.7. The summed E-state index contributed by atoms with van der Waals surface area (Å²) in [5, 5.41) is 6.80. The summed E-state index contributed by atoms with van der Waals surface area (Å²) in [6.45, 7) is 2.78. The normalized spacial score (nSPS) is 11.6. The smallest absolute Gasteiger partial charge is 0.408 e. The van der Waals surface area contributed by atoms with Crippen LogP contribution in [0.5, 0.6) is 0 Å². The number of esters is 1. The van der Waals surface area contributed by atoms with Gasteiger partial charge in [0.2, 0.25) is 5.91 Å². The number of carbonyl (C=O) groups is 3. The maximum atomic E-state index is 11.9. The number of alkyl carbamates (subject to hydrolysis) is 1. The van der Waals surface area contributed by atoms with Crippen LogP contribution < -0.4 is 10.6 Å². The zero-order valence-corrected chi connectivity index (χ0v) is 16.4. The lowest BCUT2D eigenvalue weighted by molar-refractivity contribution is -0.142. The monoisotopic (exact) mass is 394 g/mol. The molecule has 1 aromatic carbocycles. The van der Waals surface area contributed by atoms with E-state index in [2.05, 4.69) is 10.6 Å². The molecule has 0 aliphatic heterocycles. The van der Waals surface area contributed by atoms with Crippen LogP contribution in [0.4, 0.5) is 4.79 Å². The van der Waals surface area contributed by atoms with Crippen LogP contribution in [0.1, 0.15) is 25.3 Å². The summed E-state index contributed by atoms with van der Waals surface area (Å²) in [6.07, 6.45) is 2.61. The molecule has 2 amide bonds. The van der Waals surface area contributed by atoms with Crippen LogP contribution in [0.3, 0.4) is 0 Å². The van der Waals surface area contributed by atoms with E-state index in [1.807, 2.05) is 37.3 Å². The molecule has 0 heterocycles. The fourth-order valence-electron chi connectivity index (χ4n) is 1.93. The van der Waals surface area contributed by atoms with Gasteiger partial charge in [0.1, 0.15) is 12.6 Å². The van der Waals surface area contributed by atoms with E-state index < -0.39 is 18.1 Å². The summed E-state index contributed by atoms with van der Waals surface area (Å²) in [7, 11) is 1.24. The van der Waals surface area contributed by atoms with Crippen molar-refractivity contribution in [3.63, 3.8) is 0 Å². The third kappa shape index (κ3) is 10.3. The predicted molar refractivity (Wildman–Crippen MR) is 105 cm³/mol. The molecule has 0 aliphatic rings. The topological polar surface area (TPSA) is 93.7 Å². The standard InChI is InChI=1S/C19H26N2O5S/c1-3-4-11-20-17(22)10-12-27-14-16(18(23)25-2)21-19(24)26-13-15-8-6-5-7-9-15/h5-10,12,16H,3-4,11,13-14H2,1-2H3,(H,20,22)(H,21,24)/b12-10-/t16-/m0/s1. The van der Waals surface area contributed by atoms with E-state index in [1.54, 1.807) is 5.41 Å². The SMILES string of the molecule is CCCCNC(=O)/C=C\SC[C@H](NC(=O)OCc1ccccc1)C(=O)OC. The molecule has 148 valence electrons. The average Bonchev–Trinajstić information content (AvgIpc) is 2.69. The second-order valence-electron chi connectivity index (χ2n) is 5.56. The highest BCUT2D eigenvalue weighted by Gasteiger charge is 2.21. The first-order valence-corrected chi connectivity index (χ1v) is 9.72. The first kappa shape index (κ1) is 22.6. The van der Waals surface area contributed by atoms with Gasteiger partial charge in [0.05, 0.1) is 7.11 Å². The number of ether oxygens (including phenoxy) is 2. The number of carbonyl (C=O) groups excluding carboxylic acids is 3. The first-order valence-electron chi connectivity index (χ1n) is 8.67. The lowest BCUT2D eigenvalue weighted by Crippen LogP contribution is -2.43. The lowest BCUT2D eigenvalue weighted by atomic mass is 10.2. The summed E-state index contributed by atoms with van der Waals surface area (Å²) in [6, 6.07) is 8.33. The fraction of sp³-hybridized carbons (Fsp3) is 0.421. The molecule has 0 radical (unpaired) electrons. The molecule has 0 aliphatic carbocycles. The van der Waals surface area contributed by atoms with Gasteiger partial charge in [0, 0.05) is 18.4 Å². The van der Waals surface area contributed by atoms with Gasteiger partial charge in [-0.2, -0.15) is 0 Å². The zero-order valence-electron chi connectivity index (χ0n) is 15.6. The van der Waals surface area contributed by atoms with Crippen molar-refractivity contribution in [3.05, 3.63) is 47.4 Å². The lowest BCUT2D eigenvalue weighted by Gasteiger charge is -2.15. The minimum Gasteiger partial charge on any atom is -0.467 e. The molecule has 27 heavy (non-hydrogen) atoms. The third-order valence-corrected chi connectivity index (χ3v) is 4.25. The minimum atomic E-state index is -0.879. The average molecular weight is 394 g/mol. The maximum Gasteiger partial charge on any atom is 0.408 e. The summed E-state index contributed by atoms with van der Waals surface area (Å²) in [5.41, 5.74) is 0.841. The second-order valence-corrected chi connectivity index (χ2v) is 6.50. The Hall–Kier alpha value is -2.48. The maximum absolute atomic E-state index is 11.9. The minimum absolute atomic E-state index is 0.103. The molecule has 0 aromatic heterocycles. The van der Waals surface area contributed by atoms with E-state index in [4.69, 9.17) is 9.47 Å². The summed E-state index contributed by atoms with van der Waals surface area (Å²) in [4.78, 5) is 35.3. The van der Waals surface area contributed by atoms with Crippen molar-refractivity contribution in [2.45, 2.75) is 32.4 Å². The van der Waals surface area contributed by atoms with Crippen molar-refractivity contribution >= 4 is 29.7 Å². The Kier molecular flexibility index (Phi) is 11.4. The number of rotatable bonds is 11. The quantitative estimate of drug-likeness (QED) is 0.340. The van der Waals surface area contributed by atoms with Crippen LogP contribution in [0.25, 0.3) is 0 Å². The van der Waals surface area contributed by atoms with Gasteiger partial charge < -0.3 is 20.1 Å². The molecule has 2 N–H and O–H groups in total. The number of hydrogen-bond donors (Lipinski definition) is 2. The summed E-state index contributed by atoms with van der Waals surface area (Å²) in [5.74, 6) is -0.563. The van der Waals surface area contributed by atoms with E-state index >= 15 is 0 Å². The van der Waals surface area contributed by atoms with Crippen molar-refractivity contribution in [3.8, 4) is 0 Å². The molecule has 1 aromatic rings. The van der Waals surface area contributed by atoms with Crippen molar-refractivity contribution in [1.29, 1.82) is 0 Å². The Morgan fingerprint density at radius 1 is 1.22 bits per heavy atom. The number of methoxy groups -OCH3 is 1. The highest BCUT2D eigenvalue weighted by Crippen LogP contribution is 2.07. The summed E-state index contributed by atoms with van der Waals surface area (Å²) >= 11 is 1.22. The molecule has 0 unspecified atom stereocenters. The van der Waals surface area contributed by atoms with E-state index in [0.717, 1.165) is 18.4 Å². The van der Waals surface area contributed by atoms with Gasteiger partial charge in [-0.3, -0.25) is 4.79 Å². The molecule has 0 saturated heterocycles. The van der Waals surface area contributed by atoms with Crippen LogP contribution in [0.15, 0.2) is 41.8 Å². The number of unbranched alkanes of at least 4 members (excludes halogenated alkanes) is 1. The molecule has 8 heteroatoms. The fourth-order valence-corrected chi connectivity index (χ4v) is 2.67. The van der Waals surface area contributed by atoms with Gasteiger partial charge in [-0.05, 0) is 17.4 Å². The molecule has 1 atom stereocenters. The number of benzene rings is 1. The molecular formula is C19H26N2O5S. The molecule has 0 bridgehead atoms. The molecule has 0 spiro atoms. The van der Waals surface area contributed by atoms with Gasteiger partial charge in [0.25, 0.3) is 0 Å². The van der Waals surface area contributed by atoms with Crippen molar-refractivity contribution in [1.82, 2.24) is 10.6 Å². The van der Waals surface area contributed by atoms with E-state index in [0.29, 0.717) is 6.54 Å². The van der Waals surface area contributed by atoms with Crippen LogP contribution in [0, 0.1) is 0 Å². The number of amides is 2. The van der Waals surface area contributed by atoms with Crippen LogP contribution in [0.2, 0.25) is 0 Å². The van der Waals surface area contributed by atoms with Crippen molar-refractivity contribution < 1.29 is 23.9 Å². The van der Waals surface area contributed by atoms with E-state index in [9.17, 15) is 14.4 Å². The Bertz CT molecular complexity index is 622. The first-order chi connectivity index (χ1) is 13.1.